The number of carbonyl (C=O) groups is 1. The number of hydrogen-bond acceptors (Lipinski definition) is 4. The summed E-state index contributed by atoms with van der Waals surface area (Å²) in [5, 5.41) is 0. The molecule has 0 aromatic carbocycles. The molecule has 0 rings (SSSR count). The molecular weight excluding hydrogens is 216 g/mol. The van der Waals surface area contributed by atoms with Crippen LogP contribution in [0.4, 0.5) is 0 Å². The molecule has 0 aromatic rings. The van der Waals surface area contributed by atoms with Gasteiger partial charge in [0.05, 0.1) is 13.0 Å². The van der Waals surface area contributed by atoms with Gasteiger partial charge in [-0.15, -0.1) is 0 Å². The van der Waals surface area contributed by atoms with Crippen LogP contribution >= 0.6 is 0 Å². The largest absolute Gasteiger partial charge is 0.466 e. The van der Waals surface area contributed by atoms with E-state index in [1.54, 1.807) is 0 Å². The Morgan fingerprint density at radius 2 is 1.94 bits per heavy atom. The van der Waals surface area contributed by atoms with Gasteiger partial charge >= 0.3 is 5.97 Å². The topological polar surface area (TPSA) is 55.6 Å². The minimum Gasteiger partial charge on any atom is -0.466 e. The number of carbonyl (C=O) groups excluding carboxylic acids is 1. The Labute approximate surface area is 105 Å². The Hall–Kier alpha value is -0.610. The van der Waals surface area contributed by atoms with Crippen LogP contribution in [0.1, 0.15) is 40.5 Å². The second-order valence-corrected chi connectivity index (χ2v) is 5.04. The molecule has 0 aliphatic rings. The van der Waals surface area contributed by atoms with Gasteiger partial charge in [-0.1, -0.05) is 13.8 Å². The summed E-state index contributed by atoms with van der Waals surface area (Å²) in [6.07, 6.45) is 1.41. The third kappa shape index (κ3) is 7.34. The summed E-state index contributed by atoms with van der Waals surface area (Å²) in [4.78, 5) is 13.5. The van der Waals surface area contributed by atoms with E-state index in [2.05, 4.69) is 18.7 Å². The molecule has 0 saturated carbocycles. The van der Waals surface area contributed by atoms with Gasteiger partial charge < -0.3 is 15.4 Å². The van der Waals surface area contributed by atoms with E-state index in [1.807, 2.05) is 20.9 Å². The molecule has 2 N–H and O–H groups in total. The summed E-state index contributed by atoms with van der Waals surface area (Å²) in [5.41, 5.74) is 6.00. The lowest BCUT2D eigenvalue weighted by Crippen LogP contribution is -2.36. The highest BCUT2D eigenvalue weighted by atomic mass is 16.5. The van der Waals surface area contributed by atoms with Crippen LogP contribution in [0.25, 0.3) is 0 Å². The van der Waals surface area contributed by atoms with Crippen LogP contribution in [0.3, 0.4) is 0 Å². The van der Waals surface area contributed by atoms with Gasteiger partial charge in [-0.3, -0.25) is 4.79 Å². The lowest BCUT2D eigenvalue weighted by atomic mass is 10.0. The first-order valence-electron chi connectivity index (χ1n) is 6.49. The van der Waals surface area contributed by atoms with Gasteiger partial charge in [-0.2, -0.15) is 0 Å². The first kappa shape index (κ1) is 16.4. The monoisotopic (exact) mass is 244 g/mol. The van der Waals surface area contributed by atoms with Crippen molar-refractivity contribution in [1.29, 1.82) is 0 Å². The first-order chi connectivity index (χ1) is 7.88. The van der Waals surface area contributed by atoms with Crippen LogP contribution in [0.5, 0.6) is 0 Å². The molecule has 17 heavy (non-hydrogen) atoms. The van der Waals surface area contributed by atoms with E-state index in [-0.39, 0.29) is 18.1 Å². The van der Waals surface area contributed by atoms with Crippen molar-refractivity contribution in [2.24, 2.45) is 11.7 Å². The van der Waals surface area contributed by atoms with Gasteiger partial charge in [-0.25, -0.2) is 0 Å². The van der Waals surface area contributed by atoms with Crippen molar-refractivity contribution in [1.82, 2.24) is 4.90 Å². The van der Waals surface area contributed by atoms with Crippen molar-refractivity contribution in [2.45, 2.75) is 52.6 Å². The summed E-state index contributed by atoms with van der Waals surface area (Å²) in [6.45, 7) is 9.50. The van der Waals surface area contributed by atoms with Crippen LogP contribution in [-0.4, -0.2) is 43.2 Å². The Morgan fingerprint density at radius 1 is 1.35 bits per heavy atom. The molecule has 0 heterocycles. The molecule has 0 amide bonds. The van der Waals surface area contributed by atoms with Crippen molar-refractivity contribution >= 4 is 5.97 Å². The predicted molar refractivity (Wildman–Crippen MR) is 70.8 cm³/mol. The average Bonchev–Trinajstić information content (AvgIpc) is 2.25. The molecular formula is C13H28N2O2. The fraction of sp³-hybridized carbons (Fsp3) is 0.923. The average molecular weight is 244 g/mol. The highest BCUT2D eigenvalue weighted by Gasteiger charge is 2.16. The molecule has 0 radical (unpaired) electrons. The van der Waals surface area contributed by atoms with Crippen molar-refractivity contribution in [2.75, 3.05) is 20.2 Å². The predicted octanol–water partition coefficient (Wildman–Crippen LogP) is 1.63. The number of nitrogens with two attached hydrogens (primary N) is 1. The van der Waals surface area contributed by atoms with Gasteiger partial charge in [-0.05, 0) is 39.8 Å². The lowest BCUT2D eigenvalue weighted by Gasteiger charge is -2.26. The maximum absolute atomic E-state index is 11.3. The zero-order chi connectivity index (χ0) is 13.4. The summed E-state index contributed by atoms with van der Waals surface area (Å²) in [5.74, 6) is 0.378. The van der Waals surface area contributed by atoms with Crippen molar-refractivity contribution in [3.8, 4) is 0 Å². The van der Waals surface area contributed by atoms with Gasteiger partial charge in [0.15, 0.2) is 0 Å². The molecule has 0 fully saturated rings. The Balaban J connectivity index is 3.89. The van der Waals surface area contributed by atoms with E-state index in [0.29, 0.717) is 18.9 Å². The van der Waals surface area contributed by atoms with E-state index in [9.17, 15) is 4.79 Å². The van der Waals surface area contributed by atoms with E-state index < -0.39 is 0 Å². The molecule has 0 spiro atoms. The Bertz CT molecular complexity index is 219. The van der Waals surface area contributed by atoms with Gasteiger partial charge in [0.2, 0.25) is 0 Å². The van der Waals surface area contributed by atoms with Crippen molar-refractivity contribution < 1.29 is 9.53 Å². The summed E-state index contributed by atoms with van der Waals surface area (Å²) < 4.78 is 4.94. The van der Waals surface area contributed by atoms with E-state index in [0.717, 1.165) is 13.0 Å². The van der Waals surface area contributed by atoms with Gasteiger partial charge in [0.25, 0.3) is 0 Å². The number of nitrogens with zero attached hydrogens (tertiary/aromatic N) is 1. The van der Waals surface area contributed by atoms with E-state index in [1.165, 1.54) is 0 Å². The summed E-state index contributed by atoms with van der Waals surface area (Å²) in [7, 11) is 2.02. The zero-order valence-electron chi connectivity index (χ0n) is 11.9. The SMILES string of the molecule is CCOC(=O)CC(C)N(C)CCC(N)C(C)C. The highest BCUT2D eigenvalue weighted by Crippen LogP contribution is 2.07. The maximum atomic E-state index is 11.3. The number of esters is 1. The first-order valence-corrected chi connectivity index (χ1v) is 6.49. The third-order valence-electron chi connectivity index (χ3n) is 3.19. The van der Waals surface area contributed by atoms with E-state index >= 15 is 0 Å². The molecule has 0 aliphatic heterocycles. The molecule has 2 atom stereocenters. The maximum Gasteiger partial charge on any atom is 0.307 e. The van der Waals surface area contributed by atoms with Crippen LogP contribution in [0.15, 0.2) is 0 Å². The second-order valence-electron chi connectivity index (χ2n) is 5.04. The minimum atomic E-state index is -0.125. The van der Waals surface area contributed by atoms with E-state index in [4.69, 9.17) is 10.5 Å². The summed E-state index contributed by atoms with van der Waals surface area (Å²) >= 11 is 0. The number of hydrogen-bond donors (Lipinski definition) is 1. The Morgan fingerprint density at radius 3 is 2.41 bits per heavy atom. The summed E-state index contributed by atoms with van der Waals surface area (Å²) in [6, 6.07) is 0.431. The molecule has 0 bridgehead atoms. The fourth-order valence-corrected chi connectivity index (χ4v) is 1.52. The molecule has 0 aromatic heterocycles. The molecule has 4 heteroatoms. The van der Waals surface area contributed by atoms with Crippen LogP contribution < -0.4 is 5.73 Å². The second kappa shape index (κ2) is 8.48. The van der Waals surface area contributed by atoms with Crippen LogP contribution in [-0.2, 0) is 9.53 Å². The zero-order valence-corrected chi connectivity index (χ0v) is 11.9. The normalized spacial score (nSPS) is 15.1. The quantitative estimate of drug-likeness (QED) is 0.659. The number of rotatable bonds is 8. The molecule has 4 nitrogen and oxygen atoms in total. The molecule has 0 saturated heterocycles. The van der Waals surface area contributed by atoms with Crippen molar-refractivity contribution in [3.63, 3.8) is 0 Å². The minimum absolute atomic E-state index is 0.125. The van der Waals surface area contributed by atoms with Crippen LogP contribution in [0.2, 0.25) is 0 Å². The van der Waals surface area contributed by atoms with Gasteiger partial charge in [0, 0.05) is 12.1 Å². The smallest absolute Gasteiger partial charge is 0.307 e. The van der Waals surface area contributed by atoms with Crippen LogP contribution in [0, 0.1) is 5.92 Å². The molecule has 102 valence electrons. The van der Waals surface area contributed by atoms with Crippen molar-refractivity contribution in [3.05, 3.63) is 0 Å². The lowest BCUT2D eigenvalue weighted by molar-refractivity contribution is -0.144. The fourth-order valence-electron chi connectivity index (χ4n) is 1.52. The number of ether oxygens (including phenoxy) is 1. The Kier molecular flexibility index (Phi) is 8.17. The standard InChI is InChI=1S/C13H28N2O2/c1-6-17-13(16)9-11(4)15(5)8-7-12(14)10(2)3/h10-12H,6-9,14H2,1-5H3. The highest BCUT2D eigenvalue weighted by molar-refractivity contribution is 5.69. The van der Waals surface area contributed by atoms with Gasteiger partial charge in [0.1, 0.15) is 0 Å². The third-order valence-corrected chi connectivity index (χ3v) is 3.19. The molecule has 0 aliphatic carbocycles. The molecule has 2 unspecified atom stereocenters.